The number of thiazole rings is 1. The molecule has 0 N–H and O–H groups in total. The van der Waals surface area contributed by atoms with Crippen LogP contribution in [0.3, 0.4) is 0 Å². The molecule has 3 aromatic rings. The fourth-order valence-corrected chi connectivity index (χ4v) is 5.59. The summed E-state index contributed by atoms with van der Waals surface area (Å²) in [6.07, 6.45) is 0. The zero-order chi connectivity index (χ0) is 17.9. The van der Waals surface area contributed by atoms with Crippen molar-refractivity contribution in [1.82, 2.24) is 4.57 Å². The number of sulfonamides is 1. The molecular weight excluding hydrogens is 380 g/mol. The van der Waals surface area contributed by atoms with Crippen LogP contribution in [-0.4, -0.2) is 33.3 Å². The van der Waals surface area contributed by atoms with Gasteiger partial charge in [-0.3, -0.25) is 0 Å². The minimum Gasteiger partial charge on any atom is -0.494 e. The highest BCUT2D eigenvalue weighted by Crippen LogP contribution is 2.24. The van der Waals surface area contributed by atoms with E-state index in [9.17, 15) is 8.42 Å². The SMILES string of the molecule is CCOc1ccc2c(c1)s/c(=N\S(=O)(=O)c1cccs1)n2CCOC. The van der Waals surface area contributed by atoms with Gasteiger partial charge in [-0.1, -0.05) is 17.4 Å². The Morgan fingerprint density at radius 2 is 2.12 bits per heavy atom. The van der Waals surface area contributed by atoms with Crippen LogP contribution in [0.4, 0.5) is 0 Å². The van der Waals surface area contributed by atoms with Gasteiger partial charge in [0.25, 0.3) is 10.0 Å². The highest BCUT2D eigenvalue weighted by Gasteiger charge is 2.16. The molecule has 1 aromatic carbocycles. The minimum atomic E-state index is -3.72. The number of methoxy groups -OCH3 is 1. The molecule has 2 aromatic heterocycles. The maximum absolute atomic E-state index is 12.5. The zero-order valence-corrected chi connectivity index (χ0v) is 16.3. The third-order valence-corrected chi connectivity index (χ3v) is 7.23. The Morgan fingerprint density at radius 1 is 1.28 bits per heavy atom. The van der Waals surface area contributed by atoms with Crippen molar-refractivity contribution in [3.05, 3.63) is 40.5 Å². The van der Waals surface area contributed by atoms with Crippen molar-refractivity contribution >= 4 is 42.9 Å². The lowest BCUT2D eigenvalue weighted by Crippen LogP contribution is -2.19. The van der Waals surface area contributed by atoms with E-state index in [1.807, 2.05) is 29.7 Å². The van der Waals surface area contributed by atoms with Gasteiger partial charge in [-0.25, -0.2) is 0 Å². The van der Waals surface area contributed by atoms with Crippen LogP contribution in [0, 0.1) is 0 Å². The molecule has 0 fully saturated rings. The van der Waals surface area contributed by atoms with E-state index < -0.39 is 10.0 Å². The average molecular weight is 399 g/mol. The molecule has 0 aliphatic carbocycles. The molecule has 0 amide bonds. The Bertz CT molecular complexity index is 1020. The van der Waals surface area contributed by atoms with Crippen LogP contribution >= 0.6 is 22.7 Å². The van der Waals surface area contributed by atoms with Gasteiger partial charge < -0.3 is 14.0 Å². The number of fused-ring (bicyclic) bond motifs is 1. The summed E-state index contributed by atoms with van der Waals surface area (Å²) in [5.41, 5.74) is 0.908. The van der Waals surface area contributed by atoms with Gasteiger partial charge in [-0.05, 0) is 36.6 Å². The van der Waals surface area contributed by atoms with E-state index in [1.54, 1.807) is 24.6 Å². The molecule has 0 unspecified atom stereocenters. The van der Waals surface area contributed by atoms with Crippen LogP contribution in [0.1, 0.15) is 6.92 Å². The quantitative estimate of drug-likeness (QED) is 0.613. The zero-order valence-electron chi connectivity index (χ0n) is 13.8. The summed E-state index contributed by atoms with van der Waals surface area (Å²) in [5.74, 6) is 0.753. The molecule has 0 bridgehead atoms. The van der Waals surface area contributed by atoms with Crippen LogP contribution in [0.25, 0.3) is 10.2 Å². The number of benzene rings is 1. The Morgan fingerprint density at radius 3 is 2.80 bits per heavy atom. The third kappa shape index (κ3) is 3.95. The maximum Gasteiger partial charge on any atom is 0.294 e. The van der Waals surface area contributed by atoms with Gasteiger partial charge in [-0.15, -0.1) is 15.7 Å². The predicted molar refractivity (Wildman–Crippen MR) is 99.9 cm³/mol. The Labute approximate surface area is 154 Å². The first-order chi connectivity index (χ1) is 12.0. The standard InChI is InChI=1S/C16H18N2O4S3/c1-3-22-12-6-7-13-14(11-12)24-16(18(13)8-9-21-2)17-25(19,20)15-5-4-10-23-15/h4-7,10-11H,3,8-9H2,1-2H3/b17-16-. The molecule has 2 heterocycles. The molecule has 3 rings (SSSR count). The van der Waals surface area contributed by atoms with Crippen molar-refractivity contribution in [2.24, 2.45) is 4.40 Å². The number of nitrogens with zero attached hydrogens (tertiary/aromatic N) is 2. The Hall–Kier alpha value is -1.68. The molecule has 9 heteroatoms. The molecule has 6 nitrogen and oxygen atoms in total. The van der Waals surface area contributed by atoms with E-state index in [0.29, 0.717) is 24.6 Å². The van der Waals surface area contributed by atoms with Crippen LogP contribution in [0.2, 0.25) is 0 Å². The third-order valence-electron chi connectivity index (χ3n) is 3.43. The summed E-state index contributed by atoms with van der Waals surface area (Å²) in [6.45, 7) is 3.48. The first-order valence-corrected chi connectivity index (χ1v) is 10.8. The number of thiophene rings is 1. The van der Waals surface area contributed by atoms with Crippen molar-refractivity contribution in [2.45, 2.75) is 17.7 Å². The molecule has 0 spiro atoms. The first kappa shape index (κ1) is 18.1. The number of aromatic nitrogens is 1. The molecule has 0 atom stereocenters. The van der Waals surface area contributed by atoms with E-state index in [-0.39, 0.29) is 4.21 Å². The lowest BCUT2D eigenvalue weighted by atomic mass is 10.3. The van der Waals surface area contributed by atoms with Crippen molar-refractivity contribution < 1.29 is 17.9 Å². The Kier molecular flexibility index (Phi) is 5.57. The predicted octanol–water partition coefficient (Wildman–Crippen LogP) is 3.10. The van der Waals surface area contributed by atoms with Gasteiger partial charge >= 0.3 is 0 Å². The average Bonchev–Trinajstić information content (AvgIpc) is 3.21. The van der Waals surface area contributed by atoms with E-state index in [0.717, 1.165) is 27.3 Å². The first-order valence-electron chi connectivity index (χ1n) is 7.65. The second kappa shape index (κ2) is 7.69. The van der Waals surface area contributed by atoms with Crippen molar-refractivity contribution in [3.8, 4) is 5.75 Å². The minimum absolute atomic E-state index is 0.234. The second-order valence-electron chi connectivity index (χ2n) is 5.09. The summed E-state index contributed by atoms with van der Waals surface area (Å²) < 4.78 is 42.8. The molecule has 25 heavy (non-hydrogen) atoms. The monoisotopic (exact) mass is 398 g/mol. The number of rotatable bonds is 7. The second-order valence-corrected chi connectivity index (χ2v) is 8.88. The lowest BCUT2D eigenvalue weighted by molar-refractivity contribution is 0.187. The van der Waals surface area contributed by atoms with Gasteiger partial charge in [0, 0.05) is 13.7 Å². The highest BCUT2D eigenvalue weighted by molar-refractivity contribution is 7.92. The number of hydrogen-bond donors (Lipinski definition) is 0. The number of hydrogen-bond acceptors (Lipinski definition) is 6. The fourth-order valence-electron chi connectivity index (χ4n) is 2.34. The summed E-state index contributed by atoms with van der Waals surface area (Å²) in [5, 5.41) is 1.72. The van der Waals surface area contributed by atoms with Crippen LogP contribution < -0.4 is 9.54 Å². The van der Waals surface area contributed by atoms with Crippen LogP contribution in [0.15, 0.2) is 44.3 Å². The van der Waals surface area contributed by atoms with Gasteiger partial charge in [-0.2, -0.15) is 8.42 Å². The topological polar surface area (TPSA) is 69.9 Å². The Balaban J connectivity index is 2.17. The van der Waals surface area contributed by atoms with Crippen LogP contribution in [-0.2, 0) is 21.3 Å². The van der Waals surface area contributed by atoms with Gasteiger partial charge in [0.2, 0.25) is 4.80 Å². The van der Waals surface area contributed by atoms with Gasteiger partial charge in [0.15, 0.2) is 0 Å². The van der Waals surface area contributed by atoms with Crippen LogP contribution in [0.5, 0.6) is 5.75 Å². The molecule has 0 aliphatic rings. The maximum atomic E-state index is 12.5. The normalized spacial score (nSPS) is 12.8. The molecule has 0 saturated carbocycles. The molecule has 0 radical (unpaired) electrons. The van der Waals surface area contributed by atoms with E-state index in [4.69, 9.17) is 9.47 Å². The summed E-state index contributed by atoms with van der Waals surface area (Å²) in [7, 11) is -2.11. The fraction of sp³-hybridized carbons (Fsp3) is 0.312. The summed E-state index contributed by atoms with van der Waals surface area (Å²) >= 11 is 2.48. The molecule has 0 aliphatic heterocycles. The number of ether oxygens (including phenoxy) is 2. The van der Waals surface area contributed by atoms with Crippen molar-refractivity contribution in [2.75, 3.05) is 20.3 Å². The molecule has 0 saturated heterocycles. The summed E-state index contributed by atoms with van der Waals surface area (Å²) in [4.78, 5) is 0.425. The smallest absolute Gasteiger partial charge is 0.294 e. The van der Waals surface area contributed by atoms with Crippen molar-refractivity contribution in [1.29, 1.82) is 0 Å². The van der Waals surface area contributed by atoms with E-state index in [1.165, 1.54) is 11.3 Å². The molecular formula is C16H18N2O4S3. The van der Waals surface area contributed by atoms with Crippen molar-refractivity contribution in [3.63, 3.8) is 0 Å². The lowest BCUT2D eigenvalue weighted by Gasteiger charge is -2.05. The van der Waals surface area contributed by atoms with Gasteiger partial charge in [0.1, 0.15) is 9.96 Å². The summed E-state index contributed by atoms with van der Waals surface area (Å²) in [6, 6.07) is 8.96. The van der Waals surface area contributed by atoms with Gasteiger partial charge in [0.05, 0.1) is 23.4 Å². The van der Waals surface area contributed by atoms with E-state index >= 15 is 0 Å². The van der Waals surface area contributed by atoms with E-state index in [2.05, 4.69) is 4.40 Å². The largest absolute Gasteiger partial charge is 0.494 e. The highest BCUT2D eigenvalue weighted by atomic mass is 32.2. The molecule has 134 valence electrons.